The Kier molecular flexibility index (Phi) is 7.11. The Morgan fingerprint density at radius 3 is 2.38 bits per heavy atom. The van der Waals surface area contributed by atoms with Crippen LogP contribution >= 0.6 is 0 Å². The molecule has 144 valence electrons. The number of carbonyl (C=O) groups is 3. The van der Waals surface area contributed by atoms with Gasteiger partial charge in [0.25, 0.3) is 0 Å². The van der Waals surface area contributed by atoms with Gasteiger partial charge in [-0.05, 0) is 52.3 Å². The fourth-order valence-corrected chi connectivity index (χ4v) is 2.13. The number of nitrogens with zero attached hydrogens (tertiary/aromatic N) is 1. The lowest BCUT2D eigenvalue weighted by atomic mass is 10.2. The zero-order chi connectivity index (χ0) is 20.1. The van der Waals surface area contributed by atoms with Crippen LogP contribution in [0.3, 0.4) is 0 Å². The first kappa shape index (κ1) is 21.4. The predicted octanol–water partition coefficient (Wildman–Crippen LogP) is 3.50. The molecule has 0 heterocycles. The summed E-state index contributed by atoms with van der Waals surface area (Å²) in [7, 11) is 0. The second-order valence-electron chi connectivity index (χ2n) is 6.84. The average molecular weight is 368 g/mol. The van der Waals surface area contributed by atoms with Crippen LogP contribution in [0.5, 0.6) is 0 Å². The summed E-state index contributed by atoms with van der Waals surface area (Å²) in [5.74, 6) is -2.75. The summed E-state index contributed by atoms with van der Waals surface area (Å²) < 4.78 is 19.3. The van der Waals surface area contributed by atoms with Crippen LogP contribution in [0, 0.1) is 5.82 Å². The molecule has 0 saturated heterocycles. The van der Waals surface area contributed by atoms with Crippen LogP contribution in [0.25, 0.3) is 0 Å². The molecule has 0 aliphatic carbocycles. The Labute approximate surface area is 152 Å². The third-order valence-electron chi connectivity index (χ3n) is 3.41. The van der Waals surface area contributed by atoms with Crippen molar-refractivity contribution >= 4 is 23.7 Å². The topological polar surface area (TPSA) is 95.9 Å². The molecule has 7 nitrogen and oxygen atoms in total. The van der Waals surface area contributed by atoms with Crippen LogP contribution in [0.4, 0.5) is 14.9 Å². The second-order valence-corrected chi connectivity index (χ2v) is 6.84. The molecule has 0 radical (unpaired) electrons. The summed E-state index contributed by atoms with van der Waals surface area (Å²) in [6.45, 7) is 8.83. The second kappa shape index (κ2) is 8.64. The highest BCUT2D eigenvalue weighted by Crippen LogP contribution is 2.18. The maximum Gasteiger partial charge on any atom is 0.410 e. The van der Waals surface area contributed by atoms with Gasteiger partial charge in [-0.3, -0.25) is 9.69 Å². The molecule has 2 amide bonds. The third-order valence-corrected chi connectivity index (χ3v) is 3.41. The molecule has 0 bridgehead atoms. The van der Waals surface area contributed by atoms with Gasteiger partial charge in [-0.25, -0.2) is 14.0 Å². The summed E-state index contributed by atoms with van der Waals surface area (Å²) >= 11 is 0. The minimum atomic E-state index is -1.27. The molecule has 0 fully saturated rings. The summed E-state index contributed by atoms with van der Waals surface area (Å²) in [4.78, 5) is 36.8. The van der Waals surface area contributed by atoms with E-state index in [-0.39, 0.29) is 11.3 Å². The van der Waals surface area contributed by atoms with E-state index in [0.717, 1.165) is 6.07 Å². The molecule has 2 N–H and O–H groups in total. The quantitative estimate of drug-likeness (QED) is 0.801. The number of carboxylic acids is 1. The largest absolute Gasteiger partial charge is 0.478 e. The van der Waals surface area contributed by atoms with E-state index in [1.807, 2.05) is 6.92 Å². The van der Waals surface area contributed by atoms with Crippen LogP contribution < -0.4 is 5.32 Å². The standard InChI is InChI=1S/C18H25FN2O5/c1-6-9-21(17(25)26-18(3,4)5)11(2)15(22)20-14-8-7-12(16(23)24)10-13(14)19/h7-8,10-11H,6,9H2,1-5H3,(H,20,22)(H,23,24)/t11-/m0/s1. The summed E-state index contributed by atoms with van der Waals surface area (Å²) in [5.41, 5.74) is -1.10. The molecule has 1 rings (SSSR count). The predicted molar refractivity (Wildman–Crippen MR) is 94.7 cm³/mol. The highest BCUT2D eigenvalue weighted by atomic mass is 19.1. The number of hydrogen-bond donors (Lipinski definition) is 2. The fraction of sp³-hybridized carbons (Fsp3) is 0.500. The van der Waals surface area contributed by atoms with E-state index in [4.69, 9.17) is 9.84 Å². The van der Waals surface area contributed by atoms with Gasteiger partial charge in [-0.15, -0.1) is 0 Å². The molecule has 0 aliphatic heterocycles. The van der Waals surface area contributed by atoms with Crippen LogP contribution in [-0.4, -0.2) is 46.2 Å². The molecule has 0 unspecified atom stereocenters. The molecule has 8 heteroatoms. The molecule has 0 aromatic heterocycles. The Bertz CT molecular complexity index is 685. The van der Waals surface area contributed by atoms with Gasteiger partial charge < -0.3 is 15.2 Å². The van der Waals surface area contributed by atoms with E-state index >= 15 is 0 Å². The van der Waals surface area contributed by atoms with Gasteiger partial charge in [0.15, 0.2) is 0 Å². The Balaban J connectivity index is 2.92. The van der Waals surface area contributed by atoms with Gasteiger partial charge in [-0.2, -0.15) is 0 Å². The van der Waals surface area contributed by atoms with Gasteiger partial charge in [0, 0.05) is 6.54 Å². The number of aromatic carboxylic acids is 1. The van der Waals surface area contributed by atoms with Crippen molar-refractivity contribution in [2.45, 2.75) is 52.7 Å². The van der Waals surface area contributed by atoms with Crippen molar-refractivity contribution in [3.05, 3.63) is 29.6 Å². The smallest absolute Gasteiger partial charge is 0.410 e. The van der Waals surface area contributed by atoms with Gasteiger partial charge >= 0.3 is 12.1 Å². The maximum absolute atomic E-state index is 14.0. The molecular weight excluding hydrogens is 343 g/mol. The van der Waals surface area contributed by atoms with E-state index in [2.05, 4.69) is 5.32 Å². The van der Waals surface area contributed by atoms with Crippen molar-refractivity contribution < 1.29 is 28.6 Å². The molecule has 0 saturated carbocycles. The van der Waals surface area contributed by atoms with E-state index < -0.39 is 35.4 Å². The lowest BCUT2D eigenvalue weighted by Gasteiger charge is -2.30. The molecule has 1 atom stereocenters. The van der Waals surface area contributed by atoms with Gasteiger partial charge in [0.1, 0.15) is 17.5 Å². The lowest BCUT2D eigenvalue weighted by Crippen LogP contribution is -2.48. The Hall–Kier alpha value is -2.64. The monoisotopic (exact) mass is 368 g/mol. The van der Waals surface area contributed by atoms with Gasteiger partial charge in [-0.1, -0.05) is 6.92 Å². The number of anilines is 1. The van der Waals surface area contributed by atoms with Crippen molar-refractivity contribution in [2.24, 2.45) is 0 Å². The van der Waals surface area contributed by atoms with E-state index in [1.54, 1.807) is 20.8 Å². The molecule has 1 aromatic rings. The number of amides is 2. The first-order chi connectivity index (χ1) is 12.0. The van der Waals surface area contributed by atoms with Crippen molar-refractivity contribution in [2.75, 3.05) is 11.9 Å². The van der Waals surface area contributed by atoms with Crippen molar-refractivity contribution in [3.63, 3.8) is 0 Å². The highest BCUT2D eigenvalue weighted by molar-refractivity contribution is 5.97. The minimum Gasteiger partial charge on any atom is -0.478 e. The summed E-state index contributed by atoms with van der Waals surface area (Å²) in [5, 5.41) is 11.2. The highest BCUT2D eigenvalue weighted by Gasteiger charge is 2.29. The first-order valence-electron chi connectivity index (χ1n) is 8.29. The summed E-state index contributed by atoms with van der Waals surface area (Å²) in [6, 6.07) is 2.27. The number of halogens is 1. The van der Waals surface area contributed by atoms with Gasteiger partial charge in [0.2, 0.25) is 5.91 Å². The Morgan fingerprint density at radius 1 is 1.31 bits per heavy atom. The number of nitrogens with one attached hydrogen (secondary N) is 1. The number of rotatable bonds is 6. The van der Waals surface area contributed by atoms with E-state index in [9.17, 15) is 18.8 Å². The number of ether oxygens (including phenoxy) is 1. The van der Waals surface area contributed by atoms with Crippen LogP contribution in [0.2, 0.25) is 0 Å². The minimum absolute atomic E-state index is 0.160. The molecular formula is C18H25FN2O5. The molecule has 0 spiro atoms. The zero-order valence-corrected chi connectivity index (χ0v) is 15.6. The summed E-state index contributed by atoms with van der Waals surface area (Å²) in [6.07, 6.45) is -0.0258. The van der Waals surface area contributed by atoms with Crippen molar-refractivity contribution in [1.29, 1.82) is 0 Å². The number of carbonyl (C=O) groups excluding carboxylic acids is 2. The van der Waals surface area contributed by atoms with Gasteiger partial charge in [0.05, 0.1) is 11.3 Å². The molecule has 0 aliphatic rings. The third kappa shape index (κ3) is 6.02. The van der Waals surface area contributed by atoms with Crippen LogP contribution in [0.15, 0.2) is 18.2 Å². The maximum atomic E-state index is 14.0. The lowest BCUT2D eigenvalue weighted by molar-refractivity contribution is -0.120. The number of carboxylic acid groups (broad SMARTS) is 1. The molecule has 1 aromatic carbocycles. The first-order valence-corrected chi connectivity index (χ1v) is 8.29. The fourth-order valence-electron chi connectivity index (χ4n) is 2.13. The zero-order valence-electron chi connectivity index (χ0n) is 15.6. The SMILES string of the molecule is CCCN(C(=O)OC(C)(C)C)[C@@H](C)C(=O)Nc1ccc(C(=O)O)cc1F. The number of hydrogen-bond acceptors (Lipinski definition) is 4. The molecule has 26 heavy (non-hydrogen) atoms. The Morgan fingerprint density at radius 2 is 1.92 bits per heavy atom. The normalized spacial score (nSPS) is 12.2. The van der Waals surface area contributed by atoms with Crippen LogP contribution in [-0.2, 0) is 9.53 Å². The number of benzene rings is 1. The van der Waals surface area contributed by atoms with E-state index in [1.165, 1.54) is 24.0 Å². The van der Waals surface area contributed by atoms with Crippen molar-refractivity contribution in [1.82, 2.24) is 4.90 Å². The van der Waals surface area contributed by atoms with E-state index in [0.29, 0.717) is 13.0 Å². The van der Waals surface area contributed by atoms with Crippen molar-refractivity contribution in [3.8, 4) is 0 Å². The average Bonchev–Trinajstić information content (AvgIpc) is 2.51. The van der Waals surface area contributed by atoms with Crippen LogP contribution in [0.1, 0.15) is 51.4 Å².